The fourth-order valence-corrected chi connectivity index (χ4v) is 3.35. The third kappa shape index (κ3) is 3.21. The molecule has 0 fully saturated rings. The summed E-state index contributed by atoms with van der Waals surface area (Å²) in [6.07, 6.45) is 3.18. The number of anilines is 1. The van der Waals surface area contributed by atoms with Gasteiger partial charge in [-0.15, -0.1) is 0 Å². The maximum absolute atomic E-state index is 12.6. The second-order valence-corrected chi connectivity index (χ2v) is 6.33. The van der Waals surface area contributed by atoms with Crippen molar-refractivity contribution in [3.63, 3.8) is 0 Å². The maximum atomic E-state index is 12.6. The number of amides is 1. The molecule has 0 spiro atoms. The van der Waals surface area contributed by atoms with Crippen LogP contribution in [0.15, 0.2) is 71.5 Å². The molecule has 3 rings (SSSR count). The third-order valence-electron chi connectivity index (χ3n) is 4.78. The number of nitrogens with one attached hydrogen (secondary N) is 1. The van der Waals surface area contributed by atoms with Crippen molar-refractivity contribution in [3.8, 4) is 0 Å². The molecule has 0 saturated carbocycles. The van der Waals surface area contributed by atoms with E-state index in [4.69, 9.17) is 4.74 Å². The molecule has 6 heteroatoms. The van der Waals surface area contributed by atoms with Gasteiger partial charge in [0.15, 0.2) is 0 Å². The van der Waals surface area contributed by atoms with Gasteiger partial charge < -0.3 is 9.64 Å². The molecule has 138 valence electrons. The van der Waals surface area contributed by atoms with Crippen LogP contribution in [-0.2, 0) is 14.9 Å². The van der Waals surface area contributed by atoms with Crippen molar-refractivity contribution < 1.29 is 14.3 Å². The average molecular weight is 363 g/mol. The van der Waals surface area contributed by atoms with Crippen LogP contribution >= 0.6 is 0 Å². The molecule has 1 amide bonds. The van der Waals surface area contributed by atoms with Crippen LogP contribution in [0.3, 0.4) is 0 Å². The molecular weight excluding hydrogens is 342 g/mol. The van der Waals surface area contributed by atoms with E-state index < -0.39 is 5.41 Å². The first kappa shape index (κ1) is 18.4. The van der Waals surface area contributed by atoms with Crippen LogP contribution in [0.25, 0.3) is 0 Å². The van der Waals surface area contributed by atoms with Gasteiger partial charge in [0.1, 0.15) is 5.41 Å². The molecule has 0 aliphatic carbocycles. The number of hydrogen-bond donors (Lipinski definition) is 1. The lowest BCUT2D eigenvalue weighted by Gasteiger charge is -2.25. The summed E-state index contributed by atoms with van der Waals surface area (Å²) < 4.78 is 5.05. The monoisotopic (exact) mass is 363 g/mol. The van der Waals surface area contributed by atoms with Crippen molar-refractivity contribution in [2.24, 2.45) is 5.10 Å². The Morgan fingerprint density at radius 2 is 1.78 bits per heavy atom. The van der Waals surface area contributed by atoms with Gasteiger partial charge in [-0.1, -0.05) is 36.4 Å². The van der Waals surface area contributed by atoms with E-state index in [1.807, 2.05) is 49.2 Å². The van der Waals surface area contributed by atoms with E-state index in [0.29, 0.717) is 11.3 Å². The zero-order valence-corrected chi connectivity index (χ0v) is 15.5. The van der Waals surface area contributed by atoms with Crippen LogP contribution in [0.4, 0.5) is 5.69 Å². The highest BCUT2D eigenvalue weighted by Crippen LogP contribution is 2.47. The number of para-hydroxylation sites is 1. The standard InChI is InChI=1S/C21H21N3O3/c1-21(20(26)27-3)16-11-7-8-12-17(16)24(2)18(21)13-14-22-23-19(25)15-9-5-4-6-10-15/h4-14H,1-3H3,(H,23,25)/b18-13-,22-14+. The number of hydrazone groups is 1. The maximum Gasteiger partial charge on any atom is 0.322 e. The molecule has 1 aliphatic rings. The van der Waals surface area contributed by atoms with E-state index in [0.717, 1.165) is 11.3 Å². The number of rotatable bonds is 4. The third-order valence-corrected chi connectivity index (χ3v) is 4.78. The Morgan fingerprint density at radius 1 is 1.11 bits per heavy atom. The first-order valence-electron chi connectivity index (χ1n) is 8.51. The largest absolute Gasteiger partial charge is 0.468 e. The number of ether oxygens (including phenoxy) is 1. The SMILES string of the molecule is COC(=O)C1(C)/C(=C/C=N/NC(=O)c2ccccc2)N(C)c2ccccc21. The van der Waals surface area contributed by atoms with E-state index in [9.17, 15) is 9.59 Å². The van der Waals surface area contributed by atoms with Crippen molar-refractivity contribution in [1.29, 1.82) is 0 Å². The number of fused-ring (bicyclic) bond motifs is 1. The summed E-state index contributed by atoms with van der Waals surface area (Å²) in [6.45, 7) is 1.82. The van der Waals surface area contributed by atoms with Gasteiger partial charge in [0.2, 0.25) is 0 Å². The van der Waals surface area contributed by atoms with E-state index in [1.165, 1.54) is 13.3 Å². The highest BCUT2D eigenvalue weighted by atomic mass is 16.5. The molecule has 6 nitrogen and oxygen atoms in total. The topological polar surface area (TPSA) is 71.0 Å². The predicted octanol–water partition coefficient (Wildman–Crippen LogP) is 2.87. The second-order valence-electron chi connectivity index (χ2n) is 6.33. The van der Waals surface area contributed by atoms with Crippen molar-refractivity contribution in [3.05, 3.63) is 77.5 Å². The molecule has 2 aromatic carbocycles. The van der Waals surface area contributed by atoms with Crippen LogP contribution in [0.1, 0.15) is 22.8 Å². The summed E-state index contributed by atoms with van der Waals surface area (Å²) in [5, 5.41) is 3.98. The van der Waals surface area contributed by atoms with Crippen LogP contribution in [0.5, 0.6) is 0 Å². The molecule has 27 heavy (non-hydrogen) atoms. The summed E-state index contributed by atoms with van der Waals surface area (Å²) in [7, 11) is 3.26. The fraction of sp³-hybridized carbons (Fsp3) is 0.190. The number of hydrogen-bond acceptors (Lipinski definition) is 5. The Balaban J connectivity index is 1.86. The number of nitrogens with zero attached hydrogens (tertiary/aromatic N) is 2. The van der Waals surface area contributed by atoms with Crippen molar-refractivity contribution in [2.75, 3.05) is 19.1 Å². The van der Waals surface area contributed by atoms with Crippen LogP contribution < -0.4 is 10.3 Å². The minimum atomic E-state index is -0.949. The molecule has 1 unspecified atom stereocenters. The Labute approximate surface area is 158 Å². The zero-order valence-electron chi connectivity index (χ0n) is 15.5. The average Bonchev–Trinajstić information content (AvgIpc) is 2.93. The molecular formula is C21H21N3O3. The van der Waals surface area contributed by atoms with Gasteiger partial charge in [-0.25, -0.2) is 5.43 Å². The van der Waals surface area contributed by atoms with Crippen LogP contribution in [0.2, 0.25) is 0 Å². The smallest absolute Gasteiger partial charge is 0.322 e. The Hall–Kier alpha value is -3.41. The summed E-state index contributed by atoms with van der Waals surface area (Å²) in [6, 6.07) is 16.5. The van der Waals surface area contributed by atoms with E-state index >= 15 is 0 Å². The molecule has 0 saturated heterocycles. The first-order chi connectivity index (χ1) is 13.0. The predicted molar refractivity (Wildman–Crippen MR) is 105 cm³/mol. The molecule has 0 aromatic heterocycles. The fourth-order valence-electron chi connectivity index (χ4n) is 3.35. The second kappa shape index (κ2) is 7.45. The number of benzene rings is 2. The minimum absolute atomic E-state index is 0.302. The van der Waals surface area contributed by atoms with Crippen molar-refractivity contribution in [1.82, 2.24) is 5.43 Å². The minimum Gasteiger partial charge on any atom is -0.468 e. The van der Waals surface area contributed by atoms with Crippen LogP contribution in [0, 0.1) is 0 Å². The first-order valence-corrected chi connectivity index (χ1v) is 8.51. The molecule has 1 aliphatic heterocycles. The Kier molecular flexibility index (Phi) is 5.07. The van der Waals surface area contributed by atoms with E-state index in [1.54, 1.807) is 30.3 Å². The molecule has 0 radical (unpaired) electrons. The van der Waals surface area contributed by atoms with Crippen molar-refractivity contribution in [2.45, 2.75) is 12.3 Å². The van der Waals surface area contributed by atoms with Gasteiger partial charge in [0, 0.05) is 30.2 Å². The van der Waals surface area contributed by atoms with Gasteiger partial charge in [-0.05, 0) is 36.8 Å². The van der Waals surface area contributed by atoms with Gasteiger partial charge in [0.25, 0.3) is 5.91 Å². The normalized spacial score (nSPS) is 20.0. The number of likely N-dealkylation sites (N-methyl/N-ethyl adjacent to an activating group) is 1. The number of esters is 1. The quantitative estimate of drug-likeness (QED) is 0.515. The lowest BCUT2D eigenvalue weighted by atomic mass is 9.81. The molecule has 1 N–H and O–H groups in total. The van der Waals surface area contributed by atoms with Gasteiger partial charge >= 0.3 is 5.97 Å². The summed E-state index contributed by atoms with van der Waals surface area (Å²) >= 11 is 0. The van der Waals surface area contributed by atoms with Gasteiger partial charge in [-0.2, -0.15) is 5.10 Å². The molecule has 0 bridgehead atoms. The number of carbonyl (C=O) groups is 2. The van der Waals surface area contributed by atoms with E-state index in [2.05, 4.69) is 10.5 Å². The van der Waals surface area contributed by atoms with E-state index in [-0.39, 0.29) is 11.9 Å². The zero-order chi connectivity index (χ0) is 19.4. The lowest BCUT2D eigenvalue weighted by Crippen LogP contribution is -2.36. The number of carbonyl (C=O) groups excluding carboxylic acids is 2. The molecule has 1 heterocycles. The van der Waals surface area contributed by atoms with Gasteiger partial charge in [-0.3, -0.25) is 9.59 Å². The number of allylic oxidation sites excluding steroid dienone is 1. The lowest BCUT2D eigenvalue weighted by molar-refractivity contribution is -0.145. The Bertz CT molecular complexity index is 921. The van der Waals surface area contributed by atoms with Crippen molar-refractivity contribution >= 4 is 23.8 Å². The summed E-state index contributed by atoms with van der Waals surface area (Å²) in [5.74, 6) is -0.656. The van der Waals surface area contributed by atoms with Crippen LogP contribution in [-0.4, -0.2) is 32.2 Å². The molecule has 1 atom stereocenters. The Morgan fingerprint density at radius 3 is 2.48 bits per heavy atom. The molecule has 2 aromatic rings. The number of methoxy groups -OCH3 is 1. The summed E-state index contributed by atoms with van der Waals surface area (Å²) in [5.41, 5.74) is 4.57. The highest BCUT2D eigenvalue weighted by molar-refractivity contribution is 5.97. The van der Waals surface area contributed by atoms with Gasteiger partial charge in [0.05, 0.1) is 7.11 Å². The summed E-state index contributed by atoms with van der Waals surface area (Å²) in [4.78, 5) is 26.5. The highest BCUT2D eigenvalue weighted by Gasteiger charge is 2.48.